The molecule has 4 aromatic rings. The van der Waals surface area contributed by atoms with Gasteiger partial charge in [0.1, 0.15) is 17.9 Å². The van der Waals surface area contributed by atoms with Gasteiger partial charge in [-0.15, -0.1) is 0 Å². The van der Waals surface area contributed by atoms with E-state index in [1.807, 2.05) is 66.4 Å². The highest BCUT2D eigenvalue weighted by Gasteiger charge is 2.31. The molecule has 0 aliphatic carbocycles. The van der Waals surface area contributed by atoms with Crippen molar-refractivity contribution < 1.29 is 4.79 Å². The molecule has 0 bridgehead atoms. The van der Waals surface area contributed by atoms with Crippen LogP contribution in [0.3, 0.4) is 0 Å². The summed E-state index contributed by atoms with van der Waals surface area (Å²) < 4.78 is 0. The van der Waals surface area contributed by atoms with Gasteiger partial charge in [0.25, 0.3) is 0 Å². The number of carbonyl (C=O) groups is 1. The minimum Gasteiger partial charge on any atom is -0.340 e. The highest BCUT2D eigenvalue weighted by atomic mass is 16.2. The van der Waals surface area contributed by atoms with Gasteiger partial charge in [0.15, 0.2) is 5.82 Å². The fourth-order valence-electron chi connectivity index (χ4n) is 4.23. The number of hydrogen-bond acceptors (Lipinski definition) is 7. The van der Waals surface area contributed by atoms with Crippen molar-refractivity contribution in [2.75, 3.05) is 29.9 Å². The van der Waals surface area contributed by atoms with E-state index in [-0.39, 0.29) is 5.91 Å². The number of rotatable bonds is 4. The SMILES string of the molecule is Cc1cccc(NC(=O)C2CNCCN2c2ncnc3ccc(-c4ccccc4C#N)nc23)c1. The predicted octanol–water partition coefficient (Wildman–Crippen LogP) is 3.29. The number of aryl methyl sites for hydroxylation is 1. The summed E-state index contributed by atoms with van der Waals surface area (Å²) >= 11 is 0. The summed E-state index contributed by atoms with van der Waals surface area (Å²) in [5.41, 5.74) is 5.07. The number of nitrogens with zero attached hydrogens (tertiary/aromatic N) is 5. The average Bonchev–Trinajstić information content (AvgIpc) is 2.88. The predicted molar refractivity (Wildman–Crippen MR) is 131 cm³/mol. The molecule has 1 atom stereocenters. The molecule has 8 heteroatoms. The maximum atomic E-state index is 13.3. The normalized spacial score (nSPS) is 15.6. The molecule has 8 nitrogen and oxygen atoms in total. The standard InChI is InChI=1S/C26H23N7O/c1-17-5-4-7-19(13-17)31-26(34)23-15-28-11-12-33(23)25-24-22(29-16-30-25)10-9-21(32-24)20-8-3-2-6-18(20)14-27/h2-10,13,16,23,28H,11-12,15H2,1H3,(H,31,34). The van der Waals surface area contributed by atoms with Crippen LogP contribution < -0.4 is 15.5 Å². The molecule has 168 valence electrons. The van der Waals surface area contributed by atoms with Crippen molar-refractivity contribution in [2.45, 2.75) is 13.0 Å². The van der Waals surface area contributed by atoms with Gasteiger partial charge in [0, 0.05) is 30.9 Å². The first-order valence-corrected chi connectivity index (χ1v) is 11.1. The number of hydrogen-bond donors (Lipinski definition) is 2. The molecule has 34 heavy (non-hydrogen) atoms. The van der Waals surface area contributed by atoms with Gasteiger partial charge in [-0.25, -0.2) is 15.0 Å². The van der Waals surface area contributed by atoms with Gasteiger partial charge in [-0.2, -0.15) is 5.26 Å². The van der Waals surface area contributed by atoms with Gasteiger partial charge in [-0.3, -0.25) is 4.79 Å². The third kappa shape index (κ3) is 4.17. The van der Waals surface area contributed by atoms with Crippen LogP contribution in [0, 0.1) is 18.3 Å². The van der Waals surface area contributed by atoms with Crippen LogP contribution in [-0.4, -0.2) is 46.5 Å². The van der Waals surface area contributed by atoms with Gasteiger partial charge >= 0.3 is 0 Å². The second-order valence-electron chi connectivity index (χ2n) is 8.19. The van der Waals surface area contributed by atoms with E-state index in [1.165, 1.54) is 6.33 Å². The molecule has 1 amide bonds. The minimum absolute atomic E-state index is 0.115. The van der Waals surface area contributed by atoms with Crippen LogP contribution in [0.4, 0.5) is 11.5 Å². The molecule has 5 rings (SSSR count). The average molecular weight is 450 g/mol. The summed E-state index contributed by atoms with van der Waals surface area (Å²) in [6.07, 6.45) is 1.50. The Morgan fingerprint density at radius 2 is 2.03 bits per heavy atom. The fourth-order valence-corrected chi connectivity index (χ4v) is 4.23. The number of nitrogens with one attached hydrogen (secondary N) is 2. The van der Waals surface area contributed by atoms with Crippen molar-refractivity contribution in [1.29, 1.82) is 5.26 Å². The van der Waals surface area contributed by atoms with Crippen molar-refractivity contribution in [3.05, 3.63) is 78.1 Å². The second-order valence-corrected chi connectivity index (χ2v) is 8.19. The van der Waals surface area contributed by atoms with E-state index in [4.69, 9.17) is 4.98 Å². The number of nitriles is 1. The maximum absolute atomic E-state index is 13.3. The zero-order valence-corrected chi connectivity index (χ0v) is 18.7. The second kappa shape index (κ2) is 9.25. The smallest absolute Gasteiger partial charge is 0.248 e. The third-order valence-corrected chi connectivity index (χ3v) is 5.89. The number of aromatic nitrogens is 3. The first-order chi connectivity index (χ1) is 16.6. The van der Waals surface area contributed by atoms with Crippen LogP contribution in [0.2, 0.25) is 0 Å². The molecular weight excluding hydrogens is 426 g/mol. The van der Waals surface area contributed by atoms with Crippen LogP contribution >= 0.6 is 0 Å². The number of pyridine rings is 1. The molecule has 1 aliphatic rings. The summed E-state index contributed by atoms with van der Waals surface area (Å²) in [6, 6.07) is 20.6. The lowest BCUT2D eigenvalue weighted by Crippen LogP contribution is -2.57. The molecule has 1 unspecified atom stereocenters. The van der Waals surface area contributed by atoms with Crippen molar-refractivity contribution in [3.8, 4) is 17.3 Å². The highest BCUT2D eigenvalue weighted by Crippen LogP contribution is 2.28. The van der Waals surface area contributed by atoms with Crippen LogP contribution in [0.5, 0.6) is 0 Å². The maximum Gasteiger partial charge on any atom is 0.248 e. The monoisotopic (exact) mass is 449 g/mol. The largest absolute Gasteiger partial charge is 0.340 e. The van der Waals surface area contributed by atoms with Crippen molar-refractivity contribution >= 4 is 28.4 Å². The van der Waals surface area contributed by atoms with Gasteiger partial charge in [0.2, 0.25) is 5.91 Å². The topological polar surface area (TPSA) is 107 Å². The van der Waals surface area contributed by atoms with Gasteiger partial charge < -0.3 is 15.5 Å². The van der Waals surface area contributed by atoms with E-state index in [2.05, 4.69) is 26.7 Å². The zero-order chi connectivity index (χ0) is 23.5. The fraction of sp³-hybridized carbons (Fsp3) is 0.192. The van der Waals surface area contributed by atoms with E-state index < -0.39 is 6.04 Å². The summed E-state index contributed by atoms with van der Waals surface area (Å²) in [7, 11) is 0. The molecular formula is C26H23N7O. The number of fused-ring (bicyclic) bond motifs is 1. The Hall–Kier alpha value is -4.35. The first-order valence-electron chi connectivity index (χ1n) is 11.1. The van der Waals surface area contributed by atoms with E-state index in [9.17, 15) is 10.1 Å². The summed E-state index contributed by atoms with van der Waals surface area (Å²) in [4.78, 5) is 29.0. The van der Waals surface area contributed by atoms with Crippen molar-refractivity contribution in [1.82, 2.24) is 20.3 Å². The summed E-state index contributed by atoms with van der Waals surface area (Å²) in [6.45, 7) is 3.79. The Morgan fingerprint density at radius 1 is 1.15 bits per heavy atom. The molecule has 0 saturated carbocycles. The number of benzene rings is 2. The number of piperazine rings is 1. The molecule has 1 saturated heterocycles. The molecule has 2 aromatic heterocycles. The van der Waals surface area contributed by atoms with Crippen LogP contribution in [0.15, 0.2) is 67.0 Å². The van der Waals surface area contributed by atoms with Gasteiger partial charge in [-0.05, 0) is 42.8 Å². The lowest BCUT2D eigenvalue weighted by atomic mass is 10.0. The lowest BCUT2D eigenvalue weighted by molar-refractivity contribution is -0.117. The van der Waals surface area contributed by atoms with E-state index >= 15 is 0 Å². The molecule has 1 aliphatic heterocycles. The highest BCUT2D eigenvalue weighted by molar-refractivity contribution is 5.99. The van der Waals surface area contributed by atoms with Crippen molar-refractivity contribution in [2.24, 2.45) is 0 Å². The summed E-state index contributed by atoms with van der Waals surface area (Å²) in [5.74, 6) is 0.489. The van der Waals surface area contributed by atoms with E-state index in [0.717, 1.165) is 23.4 Å². The molecule has 1 fully saturated rings. The van der Waals surface area contributed by atoms with Crippen molar-refractivity contribution in [3.63, 3.8) is 0 Å². The summed E-state index contributed by atoms with van der Waals surface area (Å²) in [5, 5.41) is 15.9. The number of anilines is 2. The Morgan fingerprint density at radius 3 is 2.88 bits per heavy atom. The van der Waals surface area contributed by atoms with Crippen LogP contribution in [0.1, 0.15) is 11.1 Å². The van der Waals surface area contributed by atoms with Gasteiger partial charge in [-0.1, -0.05) is 30.3 Å². The Labute approximate surface area is 197 Å². The van der Waals surface area contributed by atoms with E-state index in [0.29, 0.717) is 41.2 Å². The first kappa shape index (κ1) is 21.5. The molecule has 2 N–H and O–H groups in total. The minimum atomic E-state index is -0.468. The molecule has 3 heterocycles. The van der Waals surface area contributed by atoms with Gasteiger partial charge in [0.05, 0.1) is 22.8 Å². The third-order valence-electron chi connectivity index (χ3n) is 5.89. The lowest BCUT2D eigenvalue weighted by Gasteiger charge is -2.36. The van der Waals surface area contributed by atoms with E-state index in [1.54, 1.807) is 6.07 Å². The number of amides is 1. The quantitative estimate of drug-likeness (QED) is 0.492. The molecule has 0 spiro atoms. The Balaban J connectivity index is 1.54. The molecule has 0 radical (unpaired) electrons. The zero-order valence-electron chi connectivity index (χ0n) is 18.7. The Bertz CT molecular complexity index is 1410. The molecule has 2 aromatic carbocycles. The Kier molecular flexibility index (Phi) is 5.85. The van der Waals surface area contributed by atoms with Crippen LogP contribution in [0.25, 0.3) is 22.3 Å². The number of carbonyl (C=O) groups excluding carboxylic acids is 1. The van der Waals surface area contributed by atoms with Crippen LogP contribution in [-0.2, 0) is 4.79 Å².